The SMILES string of the molecule is CC(C)(C)c1ccc(OCCSC(F)(F)F)cc1. The first kappa shape index (κ1) is 15.2. The zero-order chi connectivity index (χ0) is 13.8. The zero-order valence-electron chi connectivity index (χ0n) is 10.7. The number of alkyl halides is 3. The van der Waals surface area contributed by atoms with E-state index in [4.69, 9.17) is 4.74 Å². The van der Waals surface area contributed by atoms with Crippen LogP contribution in [0.5, 0.6) is 5.75 Å². The van der Waals surface area contributed by atoms with Crippen molar-refractivity contribution in [1.29, 1.82) is 0 Å². The molecule has 0 atom stereocenters. The van der Waals surface area contributed by atoms with Crippen molar-refractivity contribution >= 4 is 11.8 Å². The Morgan fingerprint density at radius 1 is 1.06 bits per heavy atom. The summed E-state index contributed by atoms with van der Waals surface area (Å²) in [4.78, 5) is 0. The van der Waals surface area contributed by atoms with Gasteiger partial charge in [-0.2, -0.15) is 13.2 Å². The van der Waals surface area contributed by atoms with Gasteiger partial charge in [0.1, 0.15) is 5.75 Å². The topological polar surface area (TPSA) is 9.23 Å². The van der Waals surface area contributed by atoms with Gasteiger partial charge >= 0.3 is 5.51 Å². The van der Waals surface area contributed by atoms with Gasteiger partial charge in [-0.05, 0) is 34.9 Å². The molecule has 1 aromatic carbocycles. The molecule has 0 heterocycles. The Hall–Kier alpha value is -0.840. The molecular weight excluding hydrogens is 261 g/mol. The van der Waals surface area contributed by atoms with Crippen molar-refractivity contribution in [2.24, 2.45) is 0 Å². The maximum atomic E-state index is 11.9. The summed E-state index contributed by atoms with van der Waals surface area (Å²) >= 11 is -0.0648. The van der Waals surface area contributed by atoms with Gasteiger partial charge < -0.3 is 4.74 Å². The van der Waals surface area contributed by atoms with E-state index in [1.165, 1.54) is 5.56 Å². The lowest BCUT2D eigenvalue weighted by Crippen LogP contribution is -2.11. The Labute approximate surface area is 110 Å². The largest absolute Gasteiger partial charge is 0.493 e. The molecule has 0 radical (unpaired) electrons. The van der Waals surface area contributed by atoms with Crippen LogP contribution in [0, 0.1) is 0 Å². The van der Waals surface area contributed by atoms with E-state index in [1.807, 2.05) is 12.1 Å². The smallest absolute Gasteiger partial charge is 0.441 e. The van der Waals surface area contributed by atoms with E-state index < -0.39 is 5.51 Å². The molecule has 0 fully saturated rings. The van der Waals surface area contributed by atoms with E-state index in [0.717, 1.165) is 0 Å². The minimum atomic E-state index is -4.18. The molecule has 0 aromatic heterocycles. The third-order valence-corrected chi connectivity index (χ3v) is 3.04. The van der Waals surface area contributed by atoms with Gasteiger partial charge in [0.05, 0.1) is 6.61 Å². The van der Waals surface area contributed by atoms with Crippen LogP contribution in [0.2, 0.25) is 0 Å². The van der Waals surface area contributed by atoms with Gasteiger partial charge in [-0.15, -0.1) is 0 Å². The summed E-state index contributed by atoms with van der Waals surface area (Å²) in [6.07, 6.45) is 0. The number of benzene rings is 1. The maximum absolute atomic E-state index is 11.9. The summed E-state index contributed by atoms with van der Waals surface area (Å²) in [6, 6.07) is 7.45. The molecule has 0 N–H and O–H groups in total. The number of rotatable bonds is 4. The number of ether oxygens (including phenoxy) is 1. The Balaban J connectivity index is 2.41. The average molecular weight is 278 g/mol. The number of hydrogen-bond acceptors (Lipinski definition) is 2. The lowest BCUT2D eigenvalue weighted by Gasteiger charge is -2.19. The number of thioether (sulfide) groups is 1. The highest BCUT2D eigenvalue weighted by Crippen LogP contribution is 2.30. The lowest BCUT2D eigenvalue weighted by molar-refractivity contribution is -0.0329. The van der Waals surface area contributed by atoms with Gasteiger partial charge in [0.25, 0.3) is 0 Å². The van der Waals surface area contributed by atoms with E-state index in [9.17, 15) is 13.2 Å². The van der Waals surface area contributed by atoms with Crippen molar-refractivity contribution in [2.45, 2.75) is 31.7 Å². The van der Waals surface area contributed by atoms with Crippen LogP contribution in [0.3, 0.4) is 0 Å². The third-order valence-electron chi connectivity index (χ3n) is 2.34. The Morgan fingerprint density at radius 3 is 2.06 bits per heavy atom. The highest BCUT2D eigenvalue weighted by molar-refractivity contribution is 8.00. The molecule has 0 aliphatic carbocycles. The number of halogens is 3. The highest BCUT2D eigenvalue weighted by Gasteiger charge is 2.27. The van der Waals surface area contributed by atoms with Gasteiger partial charge in [-0.1, -0.05) is 32.9 Å². The van der Waals surface area contributed by atoms with Crippen LogP contribution < -0.4 is 4.74 Å². The van der Waals surface area contributed by atoms with Gasteiger partial charge in [-0.25, -0.2) is 0 Å². The van der Waals surface area contributed by atoms with Gasteiger partial charge in [0.2, 0.25) is 0 Å². The van der Waals surface area contributed by atoms with Crippen molar-refractivity contribution in [3.05, 3.63) is 29.8 Å². The fraction of sp³-hybridized carbons (Fsp3) is 0.538. The molecule has 0 aliphatic heterocycles. The summed E-state index contributed by atoms with van der Waals surface area (Å²) in [6.45, 7) is 6.35. The Morgan fingerprint density at radius 2 is 1.61 bits per heavy atom. The molecule has 102 valence electrons. The van der Waals surface area contributed by atoms with Gasteiger partial charge in [-0.3, -0.25) is 0 Å². The molecule has 0 saturated carbocycles. The Bertz CT molecular complexity index is 365. The van der Waals surface area contributed by atoms with Crippen LogP contribution in [0.1, 0.15) is 26.3 Å². The van der Waals surface area contributed by atoms with Crippen LogP contribution in [-0.2, 0) is 5.41 Å². The molecule has 1 rings (SSSR count). The summed E-state index contributed by atoms with van der Waals surface area (Å²) in [5.41, 5.74) is -2.95. The zero-order valence-corrected chi connectivity index (χ0v) is 11.5. The molecule has 1 nitrogen and oxygen atoms in total. The first-order valence-electron chi connectivity index (χ1n) is 5.62. The summed E-state index contributed by atoms with van der Waals surface area (Å²) in [7, 11) is 0. The van der Waals surface area contributed by atoms with Gasteiger partial charge in [0.15, 0.2) is 0 Å². The minimum absolute atomic E-state index is 0.0546. The van der Waals surface area contributed by atoms with E-state index in [2.05, 4.69) is 20.8 Å². The molecule has 0 unspecified atom stereocenters. The van der Waals surface area contributed by atoms with E-state index >= 15 is 0 Å². The maximum Gasteiger partial charge on any atom is 0.441 e. The normalized spacial score (nSPS) is 12.6. The first-order valence-corrected chi connectivity index (χ1v) is 6.61. The average Bonchev–Trinajstić information content (AvgIpc) is 2.22. The first-order chi connectivity index (χ1) is 8.18. The van der Waals surface area contributed by atoms with Crippen molar-refractivity contribution in [3.8, 4) is 5.75 Å². The van der Waals surface area contributed by atoms with Crippen LogP contribution in [0.15, 0.2) is 24.3 Å². The van der Waals surface area contributed by atoms with E-state index in [0.29, 0.717) is 5.75 Å². The second-order valence-corrected chi connectivity index (χ2v) is 6.08. The van der Waals surface area contributed by atoms with E-state index in [-0.39, 0.29) is 29.5 Å². The number of hydrogen-bond donors (Lipinski definition) is 0. The quantitative estimate of drug-likeness (QED) is 0.743. The van der Waals surface area contributed by atoms with Crippen molar-refractivity contribution in [2.75, 3.05) is 12.4 Å². The standard InChI is InChI=1S/C13H17F3OS/c1-12(2,3)10-4-6-11(7-5-10)17-8-9-18-13(14,15)16/h4-7H,8-9H2,1-3H3. The minimum Gasteiger partial charge on any atom is -0.493 e. The van der Waals surface area contributed by atoms with Crippen LogP contribution >= 0.6 is 11.8 Å². The van der Waals surface area contributed by atoms with Gasteiger partial charge in [0, 0.05) is 5.75 Å². The van der Waals surface area contributed by atoms with Crippen molar-refractivity contribution in [3.63, 3.8) is 0 Å². The molecule has 18 heavy (non-hydrogen) atoms. The monoisotopic (exact) mass is 278 g/mol. The molecule has 1 aromatic rings. The highest BCUT2D eigenvalue weighted by atomic mass is 32.2. The predicted octanol–water partition coefficient (Wildman–Crippen LogP) is 4.62. The second kappa shape index (κ2) is 5.87. The van der Waals surface area contributed by atoms with Crippen LogP contribution in [0.4, 0.5) is 13.2 Å². The van der Waals surface area contributed by atoms with E-state index in [1.54, 1.807) is 12.1 Å². The second-order valence-electron chi connectivity index (χ2n) is 4.92. The van der Waals surface area contributed by atoms with Crippen molar-refractivity contribution in [1.82, 2.24) is 0 Å². The summed E-state index contributed by atoms with van der Waals surface area (Å²) < 4.78 is 40.9. The summed E-state index contributed by atoms with van der Waals surface area (Å²) in [5, 5.41) is 0. The lowest BCUT2D eigenvalue weighted by atomic mass is 9.87. The molecule has 0 aliphatic rings. The molecule has 0 saturated heterocycles. The van der Waals surface area contributed by atoms with Crippen molar-refractivity contribution < 1.29 is 17.9 Å². The molecular formula is C13H17F3OS. The molecule has 0 amide bonds. The third kappa shape index (κ3) is 5.67. The predicted molar refractivity (Wildman–Crippen MR) is 69.2 cm³/mol. The van der Waals surface area contributed by atoms with Crippen LogP contribution in [-0.4, -0.2) is 17.9 Å². The summed E-state index contributed by atoms with van der Waals surface area (Å²) in [5.74, 6) is 0.510. The Kier molecular flexibility index (Phi) is 4.96. The molecule has 5 heteroatoms. The molecule has 0 spiro atoms. The fourth-order valence-corrected chi connectivity index (χ4v) is 1.77. The molecule has 0 bridgehead atoms. The van der Waals surface area contributed by atoms with Crippen LogP contribution in [0.25, 0.3) is 0 Å². The fourth-order valence-electron chi connectivity index (χ4n) is 1.37.